The van der Waals surface area contributed by atoms with Gasteiger partial charge in [0.05, 0.1) is 16.9 Å². The van der Waals surface area contributed by atoms with Gasteiger partial charge >= 0.3 is 6.18 Å². The molecule has 1 aliphatic rings. The molecule has 3 aromatic rings. The van der Waals surface area contributed by atoms with E-state index in [-0.39, 0.29) is 23.6 Å². The molecule has 218 valence electrons. The van der Waals surface area contributed by atoms with Gasteiger partial charge in [0.1, 0.15) is 29.0 Å². The Hall–Kier alpha value is -4.60. The van der Waals surface area contributed by atoms with Gasteiger partial charge in [-0.25, -0.2) is 9.37 Å². The molecular weight excluding hydrogens is 550 g/mol. The second-order valence-corrected chi connectivity index (χ2v) is 10.1. The Morgan fingerprint density at radius 3 is 2.52 bits per heavy atom. The largest absolute Gasteiger partial charge is 0.432 e. The lowest BCUT2D eigenvalue weighted by Gasteiger charge is -2.30. The summed E-state index contributed by atoms with van der Waals surface area (Å²) in [5.41, 5.74) is 10.3. The smallest absolute Gasteiger partial charge is 0.351 e. The maximum absolute atomic E-state index is 15.0. The number of pyridine rings is 1. The number of rotatable bonds is 11. The van der Waals surface area contributed by atoms with E-state index in [0.29, 0.717) is 35.2 Å². The van der Waals surface area contributed by atoms with Crippen molar-refractivity contribution in [3.05, 3.63) is 101 Å². The summed E-state index contributed by atoms with van der Waals surface area (Å²) in [6.07, 6.45) is -1.39. The van der Waals surface area contributed by atoms with Crippen molar-refractivity contribution < 1.29 is 22.4 Å². The van der Waals surface area contributed by atoms with Gasteiger partial charge in [0.25, 0.3) is 5.91 Å². The molecule has 1 heterocycles. The third-order valence-electron chi connectivity index (χ3n) is 6.97. The predicted octanol–water partition coefficient (Wildman–Crippen LogP) is 5.46. The molecule has 0 bridgehead atoms. The molecule has 1 saturated carbocycles. The second kappa shape index (κ2) is 12.5. The minimum atomic E-state index is -5.02. The molecule has 0 saturated heterocycles. The fourth-order valence-electron chi connectivity index (χ4n) is 4.41. The average molecular weight is 580 g/mol. The Morgan fingerprint density at radius 2 is 1.86 bits per heavy atom. The van der Waals surface area contributed by atoms with Crippen molar-refractivity contribution in [2.24, 2.45) is 17.4 Å². The van der Waals surface area contributed by atoms with Crippen molar-refractivity contribution in [2.75, 3.05) is 10.6 Å². The number of allylic oxidation sites excluding steroid dienone is 1. The molecule has 1 unspecified atom stereocenters. The number of anilines is 2. The number of carbonyl (C=O) groups excluding carboxylic acids is 1. The van der Waals surface area contributed by atoms with Gasteiger partial charge in [0.2, 0.25) is 0 Å². The number of hydrogen-bond donors (Lipinski definition) is 5. The molecule has 1 aromatic heterocycles. The van der Waals surface area contributed by atoms with E-state index in [9.17, 15) is 23.2 Å². The molecule has 7 N–H and O–H groups in total. The van der Waals surface area contributed by atoms with Crippen LogP contribution in [0.25, 0.3) is 0 Å². The number of hydrogen-bond acceptors (Lipinski definition) is 7. The zero-order chi connectivity index (χ0) is 30.5. The second-order valence-electron chi connectivity index (χ2n) is 10.1. The maximum Gasteiger partial charge on any atom is 0.432 e. The molecule has 2 aromatic carbocycles. The molecule has 1 amide bonds. The number of nitrogens with one attached hydrogen (secondary N) is 3. The van der Waals surface area contributed by atoms with Crippen LogP contribution in [-0.2, 0) is 16.9 Å². The third kappa shape index (κ3) is 7.37. The van der Waals surface area contributed by atoms with Gasteiger partial charge in [-0.05, 0) is 72.4 Å². The summed E-state index contributed by atoms with van der Waals surface area (Å²) >= 11 is 0. The third-order valence-corrected chi connectivity index (χ3v) is 6.97. The highest BCUT2D eigenvalue weighted by atomic mass is 19.4. The Labute approximate surface area is 239 Å². The Kier molecular flexibility index (Phi) is 9.04. The highest BCUT2D eigenvalue weighted by molar-refractivity contribution is 6.11. The summed E-state index contributed by atoms with van der Waals surface area (Å²) < 4.78 is 54.6. The first-order valence-electron chi connectivity index (χ1n) is 13.1. The van der Waals surface area contributed by atoms with Crippen LogP contribution >= 0.6 is 0 Å². The number of alkyl halides is 3. The molecule has 1 aliphatic carbocycles. The molecule has 0 aliphatic heterocycles. The van der Waals surface area contributed by atoms with E-state index >= 15 is 4.39 Å². The van der Waals surface area contributed by atoms with Crippen molar-refractivity contribution in [1.82, 2.24) is 4.98 Å². The van der Waals surface area contributed by atoms with Crippen molar-refractivity contribution in [1.29, 1.82) is 10.7 Å². The molecule has 1 fully saturated rings. The number of amides is 1. The van der Waals surface area contributed by atoms with Crippen LogP contribution in [0.2, 0.25) is 0 Å². The van der Waals surface area contributed by atoms with Gasteiger partial charge in [0.15, 0.2) is 0 Å². The van der Waals surface area contributed by atoms with Gasteiger partial charge in [-0.2, -0.15) is 18.4 Å². The average Bonchev–Trinajstić information content (AvgIpc) is 3.81. The molecule has 8 nitrogen and oxygen atoms in total. The number of nitrogens with zero attached hydrogens (tertiary/aromatic N) is 2. The Bertz CT molecular complexity index is 1560. The maximum atomic E-state index is 15.0. The highest BCUT2D eigenvalue weighted by Gasteiger charge is 2.36. The van der Waals surface area contributed by atoms with Crippen LogP contribution in [0.4, 0.5) is 28.9 Å². The number of aromatic nitrogens is 1. The lowest BCUT2D eigenvalue weighted by Crippen LogP contribution is -2.39. The first kappa shape index (κ1) is 30.4. The molecule has 0 radical (unpaired) electrons. The fraction of sp³-hybridized carbons (Fsp3) is 0.267. The van der Waals surface area contributed by atoms with Crippen LogP contribution in [0.1, 0.15) is 48.2 Å². The van der Waals surface area contributed by atoms with E-state index in [1.807, 2.05) is 6.07 Å². The molecule has 42 heavy (non-hydrogen) atoms. The van der Waals surface area contributed by atoms with Crippen molar-refractivity contribution in [2.45, 2.75) is 43.9 Å². The van der Waals surface area contributed by atoms with Crippen LogP contribution in [0.3, 0.4) is 0 Å². The summed E-state index contributed by atoms with van der Waals surface area (Å²) in [6, 6.07) is 17.0. The fourth-order valence-corrected chi connectivity index (χ4v) is 4.41. The highest BCUT2D eigenvalue weighted by Crippen LogP contribution is 2.40. The number of benzene rings is 2. The van der Waals surface area contributed by atoms with E-state index in [0.717, 1.165) is 25.3 Å². The van der Waals surface area contributed by atoms with Gasteiger partial charge in [-0.3, -0.25) is 10.2 Å². The summed E-state index contributed by atoms with van der Waals surface area (Å²) in [6.45, 7) is 0.144. The number of carbonyl (C=O) groups is 1. The van der Waals surface area contributed by atoms with Crippen LogP contribution in [0.15, 0.2) is 72.4 Å². The molecular formula is C30H29F4N7O. The zero-order valence-electron chi connectivity index (χ0n) is 22.4. The monoisotopic (exact) mass is 579 g/mol. The van der Waals surface area contributed by atoms with Gasteiger partial charge in [0, 0.05) is 12.2 Å². The number of nitriles is 1. The lowest BCUT2D eigenvalue weighted by atomic mass is 9.82. The topological polar surface area (TPSA) is 154 Å². The van der Waals surface area contributed by atoms with Crippen molar-refractivity contribution in [3.8, 4) is 6.07 Å². The standard InChI is InChI=1S/C30H29F4N7O/c31-23-10-9-20(29(38,12-11-18-7-8-18)27-6-2-5-22(17-36)40-27)14-24(23)41-28(42)25(15-26(37)30(32,33)34)39-21-4-1-3-19(13-21)16-35/h1-6,9-10,13-15,18,37,39H,7-8,11-12,16,35,38H2,(H,41,42)/b25-15-,37-26?. The predicted molar refractivity (Wildman–Crippen MR) is 151 cm³/mol. The van der Waals surface area contributed by atoms with Crippen LogP contribution in [-0.4, -0.2) is 22.8 Å². The Balaban J connectivity index is 1.69. The summed E-state index contributed by atoms with van der Waals surface area (Å²) in [7, 11) is 0. The van der Waals surface area contributed by atoms with E-state index in [2.05, 4.69) is 15.6 Å². The first-order chi connectivity index (χ1) is 19.9. The van der Waals surface area contributed by atoms with E-state index in [1.54, 1.807) is 24.3 Å². The first-order valence-corrected chi connectivity index (χ1v) is 13.1. The minimum absolute atomic E-state index is 0.144. The van der Waals surface area contributed by atoms with E-state index < -0.39 is 34.8 Å². The summed E-state index contributed by atoms with van der Waals surface area (Å²) in [5, 5.41) is 21.7. The summed E-state index contributed by atoms with van der Waals surface area (Å²) in [4.78, 5) is 17.6. The number of nitrogens with two attached hydrogens (primary N) is 2. The van der Waals surface area contributed by atoms with Gasteiger partial charge < -0.3 is 22.1 Å². The molecule has 0 spiro atoms. The van der Waals surface area contributed by atoms with E-state index in [4.69, 9.17) is 16.9 Å². The van der Waals surface area contributed by atoms with Crippen molar-refractivity contribution in [3.63, 3.8) is 0 Å². The Morgan fingerprint density at radius 1 is 1.12 bits per heavy atom. The van der Waals surface area contributed by atoms with Crippen LogP contribution < -0.4 is 22.1 Å². The SMILES string of the molecule is N#Cc1cccc(C(N)(CCC2CC2)c2ccc(F)c(NC(=O)/C(=C/C(=N)C(F)(F)F)Nc3cccc(CN)c3)c2)n1. The van der Waals surface area contributed by atoms with Crippen LogP contribution in [0, 0.1) is 28.5 Å². The zero-order valence-corrected chi connectivity index (χ0v) is 22.4. The normalized spacial score (nSPS) is 14.9. The van der Waals surface area contributed by atoms with E-state index in [1.165, 1.54) is 30.3 Å². The molecule has 1 atom stereocenters. The van der Waals surface area contributed by atoms with Crippen molar-refractivity contribution >= 4 is 23.0 Å². The minimum Gasteiger partial charge on any atom is -0.351 e. The molecule has 4 rings (SSSR count). The number of halogens is 4. The lowest BCUT2D eigenvalue weighted by molar-refractivity contribution is -0.112. The summed E-state index contributed by atoms with van der Waals surface area (Å²) in [5.74, 6) is -1.48. The molecule has 12 heteroatoms. The van der Waals surface area contributed by atoms with Crippen LogP contribution in [0.5, 0.6) is 0 Å². The quantitative estimate of drug-likeness (QED) is 0.116. The van der Waals surface area contributed by atoms with Gasteiger partial charge in [-0.1, -0.05) is 37.1 Å². The van der Waals surface area contributed by atoms with Gasteiger partial charge in [-0.15, -0.1) is 0 Å².